The summed E-state index contributed by atoms with van der Waals surface area (Å²) in [5.41, 5.74) is 2.57. The van der Waals surface area contributed by atoms with Crippen molar-refractivity contribution in [1.82, 2.24) is 5.48 Å². The summed E-state index contributed by atoms with van der Waals surface area (Å²) in [6, 6.07) is -0.167. The lowest BCUT2D eigenvalue weighted by Gasteiger charge is -2.10. The lowest BCUT2D eigenvalue weighted by Crippen LogP contribution is -2.34. The van der Waals surface area contributed by atoms with Crippen molar-refractivity contribution < 1.29 is 9.76 Å². The summed E-state index contributed by atoms with van der Waals surface area (Å²) in [7, 11) is 1.46. The zero-order chi connectivity index (χ0) is 8.69. The molecule has 0 spiro atoms. The fourth-order valence-electron chi connectivity index (χ4n) is 0.883. The molecule has 0 aliphatic heterocycles. The van der Waals surface area contributed by atoms with Gasteiger partial charge in [0.15, 0.2) is 0 Å². The number of nitrogens with one attached hydrogen (secondary N) is 1. The zero-order valence-electron chi connectivity index (χ0n) is 6.87. The van der Waals surface area contributed by atoms with Crippen molar-refractivity contribution in [3.63, 3.8) is 0 Å². The van der Waals surface area contributed by atoms with Gasteiger partial charge >= 0.3 is 0 Å². The molecule has 1 unspecified atom stereocenters. The Morgan fingerprint density at radius 1 is 1.73 bits per heavy atom. The second kappa shape index (κ2) is 6.06. The molecule has 0 aromatic heterocycles. The van der Waals surface area contributed by atoms with Gasteiger partial charge in [-0.05, 0) is 6.42 Å². The van der Waals surface area contributed by atoms with Crippen molar-refractivity contribution >= 4 is 0 Å². The van der Waals surface area contributed by atoms with E-state index < -0.39 is 0 Å². The molecular formula is C6H14N2O3. The topological polar surface area (TPSA) is 64.4 Å². The number of hydrogen-bond acceptors (Lipinski definition) is 4. The molecule has 11 heavy (non-hydrogen) atoms. The van der Waals surface area contributed by atoms with Gasteiger partial charge in [-0.1, -0.05) is 13.3 Å². The molecule has 5 heteroatoms. The highest BCUT2D eigenvalue weighted by molar-refractivity contribution is 4.58. The molecule has 0 aromatic carbocycles. The van der Waals surface area contributed by atoms with E-state index in [1.165, 1.54) is 7.11 Å². The summed E-state index contributed by atoms with van der Waals surface area (Å²) >= 11 is 0. The number of nitrogens with zero attached hydrogens (tertiary/aromatic N) is 1. The highest BCUT2D eigenvalue weighted by atomic mass is 16.6. The third-order valence-corrected chi connectivity index (χ3v) is 1.29. The average molecular weight is 162 g/mol. The molecule has 0 bridgehead atoms. The molecule has 0 aliphatic carbocycles. The van der Waals surface area contributed by atoms with Crippen molar-refractivity contribution in [2.75, 3.05) is 13.7 Å². The molecule has 5 nitrogen and oxygen atoms in total. The van der Waals surface area contributed by atoms with E-state index in [1.54, 1.807) is 0 Å². The lowest BCUT2D eigenvalue weighted by atomic mass is 10.2. The van der Waals surface area contributed by atoms with Crippen molar-refractivity contribution in [3.8, 4) is 0 Å². The summed E-state index contributed by atoms with van der Waals surface area (Å²) in [5.74, 6) is 0. The van der Waals surface area contributed by atoms with Gasteiger partial charge in [-0.15, -0.1) is 0 Å². The Balaban J connectivity index is 3.59. The average Bonchev–Trinajstić information content (AvgIpc) is 1.87. The number of nitro groups is 1. The normalized spacial score (nSPS) is 12.9. The van der Waals surface area contributed by atoms with Gasteiger partial charge < -0.3 is 4.84 Å². The van der Waals surface area contributed by atoms with Gasteiger partial charge in [0.1, 0.15) is 0 Å². The van der Waals surface area contributed by atoms with Crippen LogP contribution >= 0.6 is 0 Å². The van der Waals surface area contributed by atoms with E-state index in [-0.39, 0.29) is 17.5 Å². The van der Waals surface area contributed by atoms with Crippen molar-refractivity contribution in [2.24, 2.45) is 0 Å². The Hall–Kier alpha value is -0.680. The Labute approximate surface area is 65.8 Å². The van der Waals surface area contributed by atoms with E-state index in [0.717, 1.165) is 12.8 Å². The van der Waals surface area contributed by atoms with Gasteiger partial charge in [-0.2, -0.15) is 5.48 Å². The van der Waals surface area contributed by atoms with Crippen LogP contribution in [0.2, 0.25) is 0 Å². The first-order valence-electron chi connectivity index (χ1n) is 3.61. The standard InChI is InChI=1S/C6H14N2O3/c1-3-4-6(7-11-2)5-8(9)10/h6-7H,3-5H2,1-2H3. The van der Waals surface area contributed by atoms with Crippen LogP contribution < -0.4 is 5.48 Å². The van der Waals surface area contributed by atoms with Crippen LogP contribution in [0.3, 0.4) is 0 Å². The minimum absolute atomic E-state index is 0.0817. The van der Waals surface area contributed by atoms with Crippen molar-refractivity contribution in [3.05, 3.63) is 10.1 Å². The maximum absolute atomic E-state index is 10.1. The van der Waals surface area contributed by atoms with Crippen LogP contribution in [0.5, 0.6) is 0 Å². The van der Waals surface area contributed by atoms with Crippen LogP contribution in [0.25, 0.3) is 0 Å². The molecule has 0 aliphatic rings. The predicted octanol–water partition coefficient (Wildman–Crippen LogP) is 0.583. The second-order valence-electron chi connectivity index (χ2n) is 2.32. The Morgan fingerprint density at radius 2 is 2.36 bits per heavy atom. The summed E-state index contributed by atoms with van der Waals surface area (Å²) in [5, 5.41) is 10.1. The van der Waals surface area contributed by atoms with E-state index in [4.69, 9.17) is 0 Å². The number of rotatable bonds is 6. The predicted molar refractivity (Wildman–Crippen MR) is 40.7 cm³/mol. The minimum Gasteiger partial charge on any atom is -0.305 e. The van der Waals surface area contributed by atoms with Gasteiger partial charge in [-0.25, -0.2) is 0 Å². The third-order valence-electron chi connectivity index (χ3n) is 1.29. The van der Waals surface area contributed by atoms with E-state index >= 15 is 0 Å². The van der Waals surface area contributed by atoms with E-state index in [9.17, 15) is 10.1 Å². The molecule has 1 atom stereocenters. The van der Waals surface area contributed by atoms with Crippen LogP contribution in [-0.2, 0) is 4.84 Å². The van der Waals surface area contributed by atoms with Crippen LogP contribution in [-0.4, -0.2) is 24.6 Å². The van der Waals surface area contributed by atoms with Gasteiger partial charge in [0.05, 0.1) is 13.2 Å². The third kappa shape index (κ3) is 5.75. The molecular weight excluding hydrogens is 148 g/mol. The fourth-order valence-corrected chi connectivity index (χ4v) is 0.883. The van der Waals surface area contributed by atoms with Crippen LogP contribution in [0.4, 0.5) is 0 Å². The molecule has 0 fully saturated rings. The van der Waals surface area contributed by atoms with E-state index in [2.05, 4.69) is 10.3 Å². The summed E-state index contributed by atoms with van der Waals surface area (Å²) in [4.78, 5) is 14.3. The Kier molecular flexibility index (Phi) is 5.68. The van der Waals surface area contributed by atoms with Crippen LogP contribution in [0, 0.1) is 10.1 Å². The molecule has 1 N–H and O–H groups in total. The second-order valence-corrected chi connectivity index (χ2v) is 2.32. The minimum atomic E-state index is -0.341. The first kappa shape index (κ1) is 10.3. The molecule has 0 amide bonds. The lowest BCUT2D eigenvalue weighted by molar-refractivity contribution is -0.485. The van der Waals surface area contributed by atoms with Crippen LogP contribution in [0.1, 0.15) is 19.8 Å². The molecule has 0 heterocycles. The first-order valence-corrected chi connectivity index (χ1v) is 3.61. The van der Waals surface area contributed by atoms with Crippen LogP contribution in [0.15, 0.2) is 0 Å². The smallest absolute Gasteiger partial charge is 0.221 e. The monoisotopic (exact) mass is 162 g/mol. The van der Waals surface area contributed by atoms with Crippen molar-refractivity contribution in [2.45, 2.75) is 25.8 Å². The van der Waals surface area contributed by atoms with E-state index in [0.29, 0.717) is 0 Å². The Morgan fingerprint density at radius 3 is 2.73 bits per heavy atom. The maximum atomic E-state index is 10.1. The molecule has 0 radical (unpaired) electrons. The fraction of sp³-hybridized carbons (Fsp3) is 1.00. The quantitative estimate of drug-likeness (QED) is 0.458. The van der Waals surface area contributed by atoms with Crippen molar-refractivity contribution in [1.29, 1.82) is 0 Å². The molecule has 0 saturated carbocycles. The molecule has 66 valence electrons. The van der Waals surface area contributed by atoms with Gasteiger partial charge in [-0.3, -0.25) is 10.1 Å². The maximum Gasteiger partial charge on any atom is 0.221 e. The summed E-state index contributed by atoms with van der Waals surface area (Å²) in [6.07, 6.45) is 1.67. The largest absolute Gasteiger partial charge is 0.305 e. The molecule has 0 aromatic rings. The highest BCUT2D eigenvalue weighted by Crippen LogP contribution is 1.96. The highest BCUT2D eigenvalue weighted by Gasteiger charge is 2.12. The van der Waals surface area contributed by atoms with Gasteiger partial charge in [0.2, 0.25) is 6.54 Å². The summed E-state index contributed by atoms with van der Waals surface area (Å²) < 4.78 is 0. The van der Waals surface area contributed by atoms with Gasteiger partial charge in [0, 0.05) is 4.92 Å². The number of hydrogen-bond donors (Lipinski definition) is 1. The SMILES string of the molecule is CCCC(C[N+](=O)[O-])NOC. The number of hydroxylamine groups is 1. The molecule has 0 rings (SSSR count). The first-order chi connectivity index (χ1) is 5.20. The zero-order valence-corrected chi connectivity index (χ0v) is 6.87. The van der Waals surface area contributed by atoms with E-state index in [1.807, 2.05) is 6.92 Å². The molecule has 0 saturated heterocycles. The summed E-state index contributed by atoms with van der Waals surface area (Å²) in [6.45, 7) is 1.89. The Bertz CT molecular complexity index is 112. The van der Waals surface area contributed by atoms with Gasteiger partial charge in [0.25, 0.3) is 0 Å².